The fourth-order valence-electron chi connectivity index (χ4n) is 3.71. The maximum Gasteiger partial charge on any atom is 0.343 e. The first-order valence-corrected chi connectivity index (χ1v) is 10.4. The zero-order chi connectivity index (χ0) is 19.4. The molecular formula is C18H24N4O4S. The Bertz CT molecular complexity index is 1020. The Morgan fingerprint density at radius 1 is 1.19 bits per heavy atom. The molecule has 0 radical (unpaired) electrons. The highest BCUT2D eigenvalue weighted by molar-refractivity contribution is 7.89. The predicted molar refractivity (Wildman–Crippen MR) is 98.9 cm³/mol. The molecule has 27 heavy (non-hydrogen) atoms. The lowest BCUT2D eigenvalue weighted by Crippen LogP contribution is -2.47. The number of sulfonamides is 1. The van der Waals surface area contributed by atoms with Crippen LogP contribution in [0.4, 0.5) is 0 Å². The third-order valence-corrected chi connectivity index (χ3v) is 7.29. The van der Waals surface area contributed by atoms with Crippen LogP contribution in [0.2, 0.25) is 0 Å². The molecule has 0 bridgehead atoms. The number of benzene rings is 1. The average Bonchev–Trinajstić information content (AvgIpc) is 3.20. The lowest BCUT2D eigenvalue weighted by Gasteiger charge is -2.33. The molecule has 0 saturated carbocycles. The summed E-state index contributed by atoms with van der Waals surface area (Å²) < 4.78 is 35.1. The van der Waals surface area contributed by atoms with E-state index in [2.05, 4.69) is 31.0 Å². The first-order valence-electron chi connectivity index (χ1n) is 9.00. The molecule has 8 nitrogen and oxygen atoms in total. The fourth-order valence-corrected chi connectivity index (χ4v) is 5.23. The SMILES string of the molecule is CC(C)(C)c1ccc(S(=O)(=O)N2CCC3(C2)Cn2c(n[nH]c2=O)CO3)cc1. The average molecular weight is 392 g/mol. The number of hydrogen-bond acceptors (Lipinski definition) is 5. The molecule has 1 atom stereocenters. The van der Waals surface area contributed by atoms with Gasteiger partial charge in [0.2, 0.25) is 10.0 Å². The van der Waals surface area contributed by atoms with Crippen molar-refractivity contribution in [3.63, 3.8) is 0 Å². The van der Waals surface area contributed by atoms with Crippen LogP contribution in [0.5, 0.6) is 0 Å². The van der Waals surface area contributed by atoms with Crippen LogP contribution in [0, 0.1) is 0 Å². The van der Waals surface area contributed by atoms with Gasteiger partial charge in [-0.15, -0.1) is 0 Å². The van der Waals surface area contributed by atoms with Crippen molar-refractivity contribution in [1.82, 2.24) is 19.1 Å². The van der Waals surface area contributed by atoms with E-state index in [1.807, 2.05) is 12.1 Å². The van der Waals surface area contributed by atoms with Gasteiger partial charge in [-0.25, -0.2) is 18.3 Å². The zero-order valence-electron chi connectivity index (χ0n) is 15.7. The van der Waals surface area contributed by atoms with Crippen LogP contribution in [0.25, 0.3) is 0 Å². The van der Waals surface area contributed by atoms with E-state index >= 15 is 0 Å². The molecule has 9 heteroatoms. The Balaban J connectivity index is 1.56. The van der Waals surface area contributed by atoms with Crippen molar-refractivity contribution in [1.29, 1.82) is 0 Å². The van der Waals surface area contributed by atoms with Gasteiger partial charge in [0, 0.05) is 13.1 Å². The number of aromatic amines is 1. The van der Waals surface area contributed by atoms with Gasteiger partial charge in [0.25, 0.3) is 0 Å². The summed E-state index contributed by atoms with van der Waals surface area (Å²) in [6.07, 6.45) is 0.545. The molecule has 1 N–H and O–H groups in total. The molecule has 146 valence electrons. The van der Waals surface area contributed by atoms with Gasteiger partial charge >= 0.3 is 5.69 Å². The summed E-state index contributed by atoms with van der Waals surface area (Å²) in [6, 6.07) is 7.07. The smallest absolute Gasteiger partial charge is 0.343 e. The standard InChI is InChI=1S/C18H24N4O4S/c1-17(2,3)13-4-6-14(7-5-13)27(24,25)21-9-8-18(11-21)12-22-15(10-26-18)19-20-16(22)23/h4-7H,8-12H2,1-3H3,(H,20,23). The van der Waals surface area contributed by atoms with Crippen LogP contribution in [-0.2, 0) is 33.3 Å². The second kappa shape index (κ2) is 6.02. The van der Waals surface area contributed by atoms with E-state index in [0.29, 0.717) is 25.3 Å². The van der Waals surface area contributed by atoms with Crippen molar-refractivity contribution < 1.29 is 13.2 Å². The Kier molecular flexibility index (Phi) is 4.10. The minimum absolute atomic E-state index is 0.0362. The van der Waals surface area contributed by atoms with Gasteiger partial charge in [-0.1, -0.05) is 32.9 Å². The molecule has 2 aliphatic heterocycles. The van der Waals surface area contributed by atoms with Gasteiger partial charge in [-0.3, -0.25) is 4.57 Å². The Labute approximate surface area is 158 Å². The maximum absolute atomic E-state index is 13.1. The summed E-state index contributed by atoms with van der Waals surface area (Å²) in [5.41, 5.74) is 0.0820. The molecule has 2 aromatic rings. The van der Waals surface area contributed by atoms with Crippen molar-refractivity contribution in [2.24, 2.45) is 0 Å². The van der Waals surface area contributed by atoms with Crippen molar-refractivity contribution in [2.75, 3.05) is 13.1 Å². The van der Waals surface area contributed by atoms with E-state index in [-0.39, 0.29) is 29.2 Å². The molecule has 3 heterocycles. The van der Waals surface area contributed by atoms with E-state index in [4.69, 9.17) is 4.74 Å². The third kappa shape index (κ3) is 3.13. The van der Waals surface area contributed by atoms with Gasteiger partial charge in [0.15, 0.2) is 5.82 Å². The zero-order valence-corrected chi connectivity index (χ0v) is 16.5. The van der Waals surface area contributed by atoms with Gasteiger partial charge in [-0.05, 0) is 29.5 Å². The van der Waals surface area contributed by atoms with E-state index in [0.717, 1.165) is 5.56 Å². The predicted octanol–water partition coefficient (Wildman–Crippen LogP) is 1.23. The molecule has 1 spiro atoms. The highest BCUT2D eigenvalue weighted by Crippen LogP contribution is 2.34. The summed E-state index contributed by atoms with van der Waals surface area (Å²) in [4.78, 5) is 12.2. The normalized spacial score (nSPS) is 23.7. The topological polar surface area (TPSA) is 97.3 Å². The summed E-state index contributed by atoms with van der Waals surface area (Å²) in [6.45, 7) is 7.38. The largest absolute Gasteiger partial charge is 0.364 e. The van der Waals surface area contributed by atoms with E-state index < -0.39 is 15.6 Å². The van der Waals surface area contributed by atoms with Gasteiger partial charge < -0.3 is 4.74 Å². The number of nitrogens with zero attached hydrogens (tertiary/aromatic N) is 3. The Hall–Kier alpha value is -1.97. The van der Waals surface area contributed by atoms with Crippen LogP contribution in [0.3, 0.4) is 0 Å². The second-order valence-electron chi connectivity index (χ2n) is 8.37. The highest BCUT2D eigenvalue weighted by Gasteiger charge is 2.46. The Morgan fingerprint density at radius 3 is 2.56 bits per heavy atom. The molecule has 1 unspecified atom stereocenters. The summed E-state index contributed by atoms with van der Waals surface area (Å²) >= 11 is 0. The first-order chi connectivity index (χ1) is 12.6. The number of nitrogens with one attached hydrogen (secondary N) is 1. The molecule has 2 aliphatic rings. The second-order valence-corrected chi connectivity index (χ2v) is 10.3. The van der Waals surface area contributed by atoms with Crippen LogP contribution < -0.4 is 5.69 Å². The number of aromatic nitrogens is 3. The van der Waals surface area contributed by atoms with Crippen LogP contribution in [0.15, 0.2) is 34.0 Å². The Morgan fingerprint density at radius 2 is 1.89 bits per heavy atom. The van der Waals surface area contributed by atoms with Gasteiger partial charge in [0.1, 0.15) is 12.2 Å². The molecular weight excluding hydrogens is 368 g/mol. The van der Waals surface area contributed by atoms with E-state index in [1.165, 1.54) is 8.87 Å². The van der Waals surface area contributed by atoms with Gasteiger partial charge in [-0.2, -0.15) is 9.40 Å². The number of fused-ring (bicyclic) bond motifs is 1. The quantitative estimate of drug-likeness (QED) is 0.829. The monoisotopic (exact) mass is 392 g/mol. The van der Waals surface area contributed by atoms with Gasteiger partial charge in [0.05, 0.1) is 11.4 Å². The van der Waals surface area contributed by atoms with Crippen molar-refractivity contribution in [3.8, 4) is 0 Å². The lowest BCUT2D eigenvalue weighted by molar-refractivity contribution is -0.0800. The molecule has 1 aromatic carbocycles. The van der Waals surface area contributed by atoms with Crippen molar-refractivity contribution in [2.45, 2.75) is 56.3 Å². The van der Waals surface area contributed by atoms with E-state index in [9.17, 15) is 13.2 Å². The van der Waals surface area contributed by atoms with E-state index in [1.54, 1.807) is 12.1 Å². The summed E-state index contributed by atoms with van der Waals surface area (Å²) in [7, 11) is -3.61. The van der Waals surface area contributed by atoms with Crippen LogP contribution >= 0.6 is 0 Å². The molecule has 1 aromatic heterocycles. The number of rotatable bonds is 2. The molecule has 0 amide bonds. The summed E-state index contributed by atoms with van der Waals surface area (Å²) in [5, 5.41) is 6.34. The fraction of sp³-hybridized carbons (Fsp3) is 0.556. The summed E-state index contributed by atoms with van der Waals surface area (Å²) in [5.74, 6) is 0.546. The number of hydrogen-bond donors (Lipinski definition) is 1. The van der Waals surface area contributed by atoms with Crippen LogP contribution in [-0.4, -0.2) is 46.2 Å². The maximum atomic E-state index is 13.1. The molecule has 1 fully saturated rings. The molecule has 4 rings (SSSR count). The minimum atomic E-state index is -3.61. The number of ether oxygens (including phenoxy) is 1. The first kappa shape index (κ1) is 18.4. The lowest BCUT2D eigenvalue weighted by atomic mass is 9.87. The van der Waals surface area contributed by atoms with Crippen molar-refractivity contribution >= 4 is 10.0 Å². The third-order valence-electron chi connectivity index (χ3n) is 5.43. The van der Waals surface area contributed by atoms with Crippen molar-refractivity contribution in [3.05, 3.63) is 46.1 Å². The molecule has 0 aliphatic carbocycles. The number of H-pyrrole nitrogens is 1. The molecule has 1 saturated heterocycles. The highest BCUT2D eigenvalue weighted by atomic mass is 32.2. The minimum Gasteiger partial charge on any atom is -0.364 e. The van der Waals surface area contributed by atoms with Crippen LogP contribution in [0.1, 0.15) is 38.6 Å².